The van der Waals surface area contributed by atoms with Crippen molar-refractivity contribution < 1.29 is 9.63 Å². The number of para-hydroxylation sites is 1. The first kappa shape index (κ1) is 16.4. The molecule has 0 bridgehead atoms. The zero-order valence-corrected chi connectivity index (χ0v) is 13.9. The third kappa shape index (κ3) is 3.69. The van der Waals surface area contributed by atoms with Crippen molar-refractivity contribution in [2.75, 3.05) is 11.9 Å². The Morgan fingerprint density at radius 1 is 1.21 bits per heavy atom. The number of aromatic nitrogens is 1. The highest BCUT2D eigenvalue weighted by atomic mass is 35.5. The van der Waals surface area contributed by atoms with Gasteiger partial charge in [-0.05, 0) is 18.2 Å². The Balaban J connectivity index is 1.56. The van der Waals surface area contributed by atoms with Crippen molar-refractivity contribution in [1.29, 1.82) is 0 Å². The first-order valence-corrected chi connectivity index (χ1v) is 7.86. The molecule has 0 saturated heterocycles. The van der Waals surface area contributed by atoms with E-state index in [1.165, 1.54) is 0 Å². The SMILES string of the molecule is O=C(CO/N=C/c1c[nH]c2ccccc12)Nc1cccc(Cl)c1Cl. The molecular weight excluding hydrogens is 349 g/mol. The number of oxime groups is 1. The minimum absolute atomic E-state index is 0.234. The minimum atomic E-state index is -0.379. The molecule has 1 heterocycles. The van der Waals surface area contributed by atoms with Gasteiger partial charge in [-0.2, -0.15) is 0 Å². The largest absolute Gasteiger partial charge is 0.386 e. The van der Waals surface area contributed by atoms with E-state index in [0.717, 1.165) is 16.5 Å². The van der Waals surface area contributed by atoms with Crippen molar-refractivity contribution in [1.82, 2.24) is 4.98 Å². The number of anilines is 1. The average molecular weight is 362 g/mol. The highest BCUT2D eigenvalue weighted by Gasteiger charge is 2.08. The van der Waals surface area contributed by atoms with E-state index in [0.29, 0.717) is 10.7 Å². The van der Waals surface area contributed by atoms with Crippen molar-refractivity contribution in [3.8, 4) is 0 Å². The van der Waals surface area contributed by atoms with Crippen molar-refractivity contribution in [3.05, 3.63) is 64.3 Å². The van der Waals surface area contributed by atoms with E-state index in [2.05, 4.69) is 15.5 Å². The lowest BCUT2D eigenvalue weighted by Gasteiger charge is -2.07. The summed E-state index contributed by atoms with van der Waals surface area (Å²) in [6.07, 6.45) is 3.38. The number of hydrogen-bond acceptors (Lipinski definition) is 3. The van der Waals surface area contributed by atoms with Crippen LogP contribution in [0, 0.1) is 0 Å². The van der Waals surface area contributed by atoms with Crippen LogP contribution in [0.15, 0.2) is 53.8 Å². The number of rotatable bonds is 5. The predicted octanol–water partition coefficient (Wildman–Crippen LogP) is 4.46. The van der Waals surface area contributed by atoms with Crippen LogP contribution in [0.25, 0.3) is 10.9 Å². The summed E-state index contributed by atoms with van der Waals surface area (Å²) in [5.74, 6) is -0.379. The summed E-state index contributed by atoms with van der Waals surface area (Å²) in [5.41, 5.74) is 2.31. The molecule has 2 N–H and O–H groups in total. The number of hydrogen-bond donors (Lipinski definition) is 2. The van der Waals surface area contributed by atoms with Crippen LogP contribution in [0.4, 0.5) is 5.69 Å². The van der Waals surface area contributed by atoms with Crippen LogP contribution < -0.4 is 5.32 Å². The van der Waals surface area contributed by atoms with Gasteiger partial charge < -0.3 is 15.1 Å². The van der Waals surface area contributed by atoms with Gasteiger partial charge in [0, 0.05) is 22.7 Å². The quantitative estimate of drug-likeness (QED) is 0.520. The van der Waals surface area contributed by atoms with Gasteiger partial charge in [0.2, 0.25) is 0 Å². The first-order chi connectivity index (χ1) is 11.6. The molecule has 0 unspecified atom stereocenters. The molecule has 0 aliphatic heterocycles. The summed E-state index contributed by atoms with van der Waals surface area (Å²) in [6.45, 7) is -0.234. The lowest BCUT2D eigenvalue weighted by molar-refractivity contribution is -0.120. The van der Waals surface area contributed by atoms with Crippen LogP contribution in [0.2, 0.25) is 10.0 Å². The van der Waals surface area contributed by atoms with E-state index >= 15 is 0 Å². The molecule has 0 aliphatic carbocycles. The van der Waals surface area contributed by atoms with Gasteiger partial charge in [0.1, 0.15) is 0 Å². The zero-order valence-electron chi connectivity index (χ0n) is 12.4. The molecule has 0 saturated carbocycles. The fourth-order valence-electron chi connectivity index (χ4n) is 2.18. The molecule has 1 amide bonds. The Labute approximate surface area is 148 Å². The topological polar surface area (TPSA) is 66.5 Å². The van der Waals surface area contributed by atoms with Gasteiger partial charge in [0.05, 0.1) is 21.9 Å². The summed E-state index contributed by atoms with van der Waals surface area (Å²) in [7, 11) is 0. The maximum absolute atomic E-state index is 11.8. The highest BCUT2D eigenvalue weighted by molar-refractivity contribution is 6.44. The molecule has 3 rings (SSSR count). The molecule has 5 nitrogen and oxygen atoms in total. The van der Waals surface area contributed by atoms with Crippen LogP contribution >= 0.6 is 23.2 Å². The third-order valence-corrected chi connectivity index (χ3v) is 4.13. The molecule has 122 valence electrons. The Hall–Kier alpha value is -2.50. The molecule has 7 heteroatoms. The number of nitrogens with one attached hydrogen (secondary N) is 2. The normalized spacial score (nSPS) is 11.1. The summed E-state index contributed by atoms with van der Waals surface area (Å²) >= 11 is 11.9. The number of halogens is 2. The van der Waals surface area contributed by atoms with E-state index in [4.69, 9.17) is 28.0 Å². The van der Waals surface area contributed by atoms with Crippen LogP contribution in [0.1, 0.15) is 5.56 Å². The fourth-order valence-corrected chi connectivity index (χ4v) is 2.53. The molecular formula is C17H13Cl2N3O2. The Bertz CT molecular complexity index is 906. The standard InChI is InChI=1S/C17H13Cl2N3O2/c18-13-5-3-7-15(17(13)19)22-16(23)10-24-21-9-11-8-20-14-6-2-1-4-12(11)14/h1-9,20H,10H2,(H,22,23)/b21-9+. The van der Waals surface area contributed by atoms with Crippen LogP contribution in [-0.4, -0.2) is 23.7 Å². The van der Waals surface area contributed by atoms with E-state index < -0.39 is 0 Å². The zero-order chi connectivity index (χ0) is 16.9. The number of H-pyrrole nitrogens is 1. The lowest BCUT2D eigenvalue weighted by Crippen LogP contribution is -2.17. The molecule has 0 fully saturated rings. The van der Waals surface area contributed by atoms with Crippen LogP contribution in [-0.2, 0) is 9.63 Å². The Morgan fingerprint density at radius 3 is 2.92 bits per heavy atom. The van der Waals surface area contributed by atoms with Crippen molar-refractivity contribution in [3.63, 3.8) is 0 Å². The predicted molar refractivity (Wildman–Crippen MR) is 96.9 cm³/mol. The van der Waals surface area contributed by atoms with Gasteiger partial charge in [-0.15, -0.1) is 0 Å². The van der Waals surface area contributed by atoms with E-state index in [9.17, 15) is 4.79 Å². The summed E-state index contributed by atoms with van der Waals surface area (Å²) in [6, 6.07) is 12.8. The van der Waals surface area contributed by atoms with Gasteiger partial charge in [-0.25, -0.2) is 0 Å². The van der Waals surface area contributed by atoms with E-state index in [1.54, 1.807) is 24.4 Å². The Kier molecular flexibility index (Phi) is 5.03. The molecule has 0 spiro atoms. The number of nitrogens with zero attached hydrogens (tertiary/aromatic N) is 1. The molecule has 1 aromatic heterocycles. The van der Waals surface area contributed by atoms with Crippen molar-refractivity contribution in [2.45, 2.75) is 0 Å². The second kappa shape index (κ2) is 7.38. The first-order valence-electron chi connectivity index (χ1n) is 7.10. The van der Waals surface area contributed by atoms with Gasteiger partial charge >= 0.3 is 0 Å². The smallest absolute Gasteiger partial charge is 0.265 e. The number of amides is 1. The maximum atomic E-state index is 11.8. The van der Waals surface area contributed by atoms with Crippen molar-refractivity contribution in [2.24, 2.45) is 5.16 Å². The fraction of sp³-hybridized carbons (Fsp3) is 0.0588. The molecule has 0 radical (unpaired) electrons. The number of carbonyl (C=O) groups is 1. The third-order valence-electron chi connectivity index (χ3n) is 3.31. The monoisotopic (exact) mass is 361 g/mol. The number of fused-ring (bicyclic) bond motifs is 1. The van der Waals surface area contributed by atoms with Crippen LogP contribution in [0.3, 0.4) is 0 Å². The second-order valence-electron chi connectivity index (χ2n) is 4.95. The maximum Gasteiger partial charge on any atom is 0.265 e. The molecule has 0 atom stereocenters. The summed E-state index contributed by atoms with van der Waals surface area (Å²) < 4.78 is 0. The highest BCUT2D eigenvalue weighted by Crippen LogP contribution is 2.29. The van der Waals surface area contributed by atoms with Gasteiger partial charge in [0.25, 0.3) is 5.91 Å². The second-order valence-corrected chi connectivity index (χ2v) is 5.73. The number of carbonyl (C=O) groups excluding carboxylic acids is 1. The minimum Gasteiger partial charge on any atom is -0.386 e. The van der Waals surface area contributed by atoms with Crippen LogP contribution in [0.5, 0.6) is 0 Å². The van der Waals surface area contributed by atoms with E-state index in [1.807, 2.05) is 30.5 Å². The van der Waals surface area contributed by atoms with E-state index in [-0.39, 0.29) is 17.5 Å². The summed E-state index contributed by atoms with van der Waals surface area (Å²) in [4.78, 5) is 20.0. The molecule has 2 aromatic carbocycles. The molecule has 3 aromatic rings. The van der Waals surface area contributed by atoms with Gasteiger partial charge in [-0.3, -0.25) is 4.79 Å². The van der Waals surface area contributed by atoms with Gasteiger partial charge in [-0.1, -0.05) is 52.6 Å². The number of benzene rings is 2. The van der Waals surface area contributed by atoms with Crippen molar-refractivity contribution >= 4 is 51.9 Å². The number of aromatic amines is 1. The van der Waals surface area contributed by atoms with Gasteiger partial charge in [0.15, 0.2) is 6.61 Å². The average Bonchev–Trinajstić information content (AvgIpc) is 2.99. The lowest BCUT2D eigenvalue weighted by atomic mass is 10.2. The Morgan fingerprint density at radius 2 is 2.04 bits per heavy atom. The molecule has 24 heavy (non-hydrogen) atoms. The molecule has 0 aliphatic rings. The summed E-state index contributed by atoms with van der Waals surface area (Å²) in [5, 5.41) is 8.12.